The van der Waals surface area contributed by atoms with Gasteiger partial charge in [0, 0.05) is 38.3 Å². The van der Waals surface area contributed by atoms with Crippen molar-refractivity contribution in [3.05, 3.63) is 23.8 Å². The highest BCUT2D eigenvalue weighted by atomic mass is 16.5. The molecule has 25 heavy (non-hydrogen) atoms. The van der Waals surface area contributed by atoms with Crippen LogP contribution in [-0.2, 0) is 9.47 Å². The van der Waals surface area contributed by atoms with E-state index < -0.39 is 0 Å². The van der Waals surface area contributed by atoms with Gasteiger partial charge in [0.1, 0.15) is 12.4 Å². The van der Waals surface area contributed by atoms with E-state index in [1.165, 1.54) is 0 Å². The SMILES string of the molecule is O=C(c1ccc2c(c1)OCC(CN1CCOCC1)N2)N1CCOCC1. The van der Waals surface area contributed by atoms with E-state index in [9.17, 15) is 4.79 Å². The molecule has 3 heterocycles. The third kappa shape index (κ3) is 3.89. The predicted octanol–water partition coefficient (Wildman–Crippen LogP) is 0.664. The highest BCUT2D eigenvalue weighted by Crippen LogP contribution is 2.30. The zero-order chi connectivity index (χ0) is 17.1. The van der Waals surface area contributed by atoms with Crippen molar-refractivity contribution in [3.63, 3.8) is 0 Å². The summed E-state index contributed by atoms with van der Waals surface area (Å²) in [5, 5.41) is 3.54. The maximum Gasteiger partial charge on any atom is 0.254 e. The number of hydrogen-bond donors (Lipinski definition) is 1. The van der Waals surface area contributed by atoms with Gasteiger partial charge in [-0.05, 0) is 18.2 Å². The largest absolute Gasteiger partial charge is 0.489 e. The molecule has 0 aromatic heterocycles. The van der Waals surface area contributed by atoms with Gasteiger partial charge in [0.25, 0.3) is 5.91 Å². The van der Waals surface area contributed by atoms with Crippen molar-refractivity contribution in [1.29, 1.82) is 0 Å². The van der Waals surface area contributed by atoms with Crippen molar-refractivity contribution in [2.75, 3.05) is 71.1 Å². The van der Waals surface area contributed by atoms with Gasteiger partial charge in [0.2, 0.25) is 0 Å². The maximum atomic E-state index is 12.6. The molecule has 0 aliphatic carbocycles. The molecule has 1 amide bonds. The lowest BCUT2D eigenvalue weighted by atomic mass is 10.1. The van der Waals surface area contributed by atoms with E-state index in [0.29, 0.717) is 38.5 Å². The fourth-order valence-corrected chi connectivity index (χ4v) is 3.49. The first-order valence-electron chi connectivity index (χ1n) is 9.00. The number of benzene rings is 1. The van der Waals surface area contributed by atoms with E-state index >= 15 is 0 Å². The van der Waals surface area contributed by atoms with Crippen LogP contribution in [0.2, 0.25) is 0 Å². The molecule has 2 fully saturated rings. The van der Waals surface area contributed by atoms with E-state index in [4.69, 9.17) is 14.2 Å². The molecule has 1 unspecified atom stereocenters. The summed E-state index contributed by atoms with van der Waals surface area (Å²) in [4.78, 5) is 16.8. The number of fused-ring (bicyclic) bond motifs is 1. The zero-order valence-electron chi connectivity index (χ0n) is 14.4. The summed E-state index contributed by atoms with van der Waals surface area (Å²) >= 11 is 0. The van der Waals surface area contributed by atoms with Crippen LogP contribution in [0.3, 0.4) is 0 Å². The Morgan fingerprint density at radius 3 is 2.56 bits per heavy atom. The standard InChI is InChI=1S/C18H25N3O4/c22-18(21-5-9-24-10-6-21)14-1-2-16-17(11-14)25-13-15(19-16)12-20-3-7-23-8-4-20/h1-2,11,15,19H,3-10,12-13H2. The predicted molar refractivity (Wildman–Crippen MR) is 93.3 cm³/mol. The summed E-state index contributed by atoms with van der Waals surface area (Å²) in [6.07, 6.45) is 0. The van der Waals surface area contributed by atoms with Crippen LogP contribution in [0.1, 0.15) is 10.4 Å². The van der Waals surface area contributed by atoms with Crippen molar-refractivity contribution in [1.82, 2.24) is 9.80 Å². The van der Waals surface area contributed by atoms with Crippen LogP contribution >= 0.6 is 0 Å². The Bertz CT molecular complexity index is 612. The minimum atomic E-state index is 0.0464. The van der Waals surface area contributed by atoms with E-state index in [0.717, 1.165) is 44.3 Å². The summed E-state index contributed by atoms with van der Waals surface area (Å²) in [6.45, 7) is 7.62. The van der Waals surface area contributed by atoms with Crippen LogP contribution in [0, 0.1) is 0 Å². The third-order valence-corrected chi connectivity index (χ3v) is 4.91. The first-order chi connectivity index (χ1) is 12.3. The summed E-state index contributed by atoms with van der Waals surface area (Å²) in [5.41, 5.74) is 1.64. The molecular formula is C18H25N3O4. The van der Waals surface area contributed by atoms with Gasteiger partial charge in [-0.15, -0.1) is 0 Å². The van der Waals surface area contributed by atoms with Gasteiger partial charge in [-0.2, -0.15) is 0 Å². The molecule has 7 heteroatoms. The minimum absolute atomic E-state index is 0.0464. The number of carbonyl (C=O) groups excluding carboxylic acids is 1. The first-order valence-corrected chi connectivity index (χ1v) is 9.00. The number of morpholine rings is 2. The summed E-state index contributed by atoms with van der Waals surface area (Å²) in [5.74, 6) is 0.808. The molecule has 4 rings (SSSR count). The highest BCUT2D eigenvalue weighted by Gasteiger charge is 2.25. The van der Waals surface area contributed by atoms with E-state index in [1.54, 1.807) is 0 Å². The van der Waals surface area contributed by atoms with Crippen LogP contribution in [0.25, 0.3) is 0 Å². The summed E-state index contributed by atoms with van der Waals surface area (Å²) in [7, 11) is 0. The van der Waals surface area contributed by atoms with E-state index in [1.807, 2.05) is 23.1 Å². The smallest absolute Gasteiger partial charge is 0.254 e. The number of ether oxygens (including phenoxy) is 3. The van der Waals surface area contributed by atoms with Gasteiger partial charge in [-0.3, -0.25) is 9.69 Å². The maximum absolute atomic E-state index is 12.6. The van der Waals surface area contributed by atoms with Gasteiger partial charge in [-0.1, -0.05) is 0 Å². The second-order valence-corrected chi connectivity index (χ2v) is 6.68. The van der Waals surface area contributed by atoms with Crippen LogP contribution in [0.5, 0.6) is 5.75 Å². The quantitative estimate of drug-likeness (QED) is 0.867. The van der Waals surface area contributed by atoms with Crippen molar-refractivity contribution in [2.24, 2.45) is 0 Å². The monoisotopic (exact) mass is 347 g/mol. The molecule has 0 bridgehead atoms. The van der Waals surface area contributed by atoms with Crippen LogP contribution in [0.4, 0.5) is 5.69 Å². The number of nitrogens with one attached hydrogen (secondary N) is 1. The lowest BCUT2D eigenvalue weighted by Crippen LogP contribution is -2.46. The molecule has 136 valence electrons. The molecule has 1 aromatic carbocycles. The Balaban J connectivity index is 1.39. The molecule has 3 aliphatic rings. The Labute approximate surface area is 147 Å². The normalized spacial score (nSPS) is 24.2. The fourth-order valence-electron chi connectivity index (χ4n) is 3.49. The molecule has 0 radical (unpaired) electrons. The van der Waals surface area contributed by atoms with E-state index in [2.05, 4.69) is 10.2 Å². The number of carbonyl (C=O) groups is 1. The lowest BCUT2D eigenvalue weighted by molar-refractivity contribution is 0.0302. The van der Waals surface area contributed by atoms with Crippen molar-refractivity contribution >= 4 is 11.6 Å². The fraction of sp³-hybridized carbons (Fsp3) is 0.611. The van der Waals surface area contributed by atoms with Crippen molar-refractivity contribution in [2.45, 2.75) is 6.04 Å². The lowest BCUT2D eigenvalue weighted by Gasteiger charge is -2.34. The summed E-state index contributed by atoms with van der Waals surface area (Å²) < 4.78 is 16.6. The number of hydrogen-bond acceptors (Lipinski definition) is 6. The second-order valence-electron chi connectivity index (χ2n) is 6.68. The highest BCUT2D eigenvalue weighted by molar-refractivity contribution is 5.95. The first kappa shape index (κ1) is 16.6. The average Bonchev–Trinajstić information content (AvgIpc) is 2.68. The molecule has 2 saturated heterocycles. The van der Waals surface area contributed by atoms with Gasteiger partial charge in [0.15, 0.2) is 0 Å². The number of nitrogens with zero attached hydrogens (tertiary/aromatic N) is 2. The van der Waals surface area contributed by atoms with Crippen LogP contribution in [0.15, 0.2) is 18.2 Å². The van der Waals surface area contributed by atoms with E-state index in [-0.39, 0.29) is 11.9 Å². The molecule has 7 nitrogen and oxygen atoms in total. The summed E-state index contributed by atoms with van der Waals surface area (Å²) in [6, 6.07) is 5.94. The second kappa shape index (κ2) is 7.59. The Kier molecular flexibility index (Phi) is 5.05. The molecular weight excluding hydrogens is 322 g/mol. The van der Waals surface area contributed by atoms with Crippen LogP contribution < -0.4 is 10.1 Å². The third-order valence-electron chi connectivity index (χ3n) is 4.91. The molecule has 0 saturated carbocycles. The van der Waals surface area contributed by atoms with Gasteiger partial charge in [-0.25, -0.2) is 0 Å². The number of anilines is 1. The van der Waals surface area contributed by atoms with Crippen LogP contribution in [-0.4, -0.2) is 87.5 Å². The van der Waals surface area contributed by atoms with Gasteiger partial charge >= 0.3 is 0 Å². The zero-order valence-corrected chi connectivity index (χ0v) is 14.4. The Morgan fingerprint density at radius 1 is 1.08 bits per heavy atom. The molecule has 3 aliphatic heterocycles. The number of amides is 1. The number of rotatable bonds is 3. The van der Waals surface area contributed by atoms with Gasteiger partial charge in [0.05, 0.1) is 38.2 Å². The van der Waals surface area contributed by atoms with Crippen molar-refractivity contribution < 1.29 is 19.0 Å². The Hall–Kier alpha value is -1.83. The van der Waals surface area contributed by atoms with Gasteiger partial charge < -0.3 is 24.4 Å². The molecule has 0 spiro atoms. The molecule has 1 aromatic rings. The topological polar surface area (TPSA) is 63.3 Å². The minimum Gasteiger partial charge on any atom is -0.489 e. The average molecular weight is 347 g/mol. The molecule has 1 atom stereocenters. The molecule has 1 N–H and O–H groups in total. The Morgan fingerprint density at radius 2 is 1.80 bits per heavy atom. The van der Waals surface area contributed by atoms with Crippen molar-refractivity contribution in [3.8, 4) is 5.75 Å².